The van der Waals surface area contributed by atoms with Gasteiger partial charge in [-0.25, -0.2) is 9.78 Å². The molecule has 5 rings (SSSR count). The molecule has 1 atom stereocenters. The molecule has 0 radical (unpaired) electrons. The predicted octanol–water partition coefficient (Wildman–Crippen LogP) is 5.05. The molecule has 2 amide bonds. The zero-order chi connectivity index (χ0) is 24.0. The van der Waals surface area contributed by atoms with E-state index in [1.807, 2.05) is 84.9 Å². The summed E-state index contributed by atoms with van der Waals surface area (Å²) in [6.07, 6.45) is 1.67. The average Bonchev–Trinajstić information content (AvgIpc) is 3.23. The van der Waals surface area contributed by atoms with Crippen molar-refractivity contribution in [3.05, 3.63) is 102 Å². The largest absolute Gasteiger partial charge is 0.445 e. The number of alkyl carbamates (subject to hydrolysis) is 1. The molecule has 1 saturated heterocycles. The molecule has 1 N–H and O–H groups in total. The summed E-state index contributed by atoms with van der Waals surface area (Å²) in [4.78, 5) is 31.3. The smallest absolute Gasteiger partial charge is 0.408 e. The number of hydrogen-bond donors (Lipinski definition) is 1. The van der Waals surface area contributed by atoms with E-state index in [0.29, 0.717) is 31.1 Å². The predicted molar refractivity (Wildman–Crippen MR) is 132 cm³/mol. The maximum absolute atomic E-state index is 12.9. The first kappa shape index (κ1) is 22.4. The van der Waals surface area contributed by atoms with Gasteiger partial charge in [0.15, 0.2) is 0 Å². The summed E-state index contributed by atoms with van der Waals surface area (Å²) >= 11 is 0. The molecule has 1 aromatic heterocycles. The second kappa shape index (κ2) is 10.3. The van der Waals surface area contributed by atoms with Crippen molar-refractivity contribution in [2.75, 3.05) is 6.54 Å². The van der Waals surface area contributed by atoms with Gasteiger partial charge in [-0.3, -0.25) is 4.79 Å². The lowest BCUT2D eigenvalue weighted by Gasteiger charge is -2.18. The number of nitrogens with one attached hydrogen (secondary N) is 1. The van der Waals surface area contributed by atoms with E-state index in [-0.39, 0.29) is 12.5 Å². The number of fused-ring (bicyclic) bond motifs is 1. The van der Waals surface area contributed by atoms with Crippen LogP contribution in [0, 0.1) is 0 Å². The molecule has 4 aromatic rings. The molecule has 2 heterocycles. The van der Waals surface area contributed by atoms with Crippen LogP contribution in [-0.2, 0) is 22.7 Å². The van der Waals surface area contributed by atoms with Gasteiger partial charge in [0.2, 0.25) is 11.8 Å². The number of amides is 2. The molecule has 7 heteroatoms. The minimum absolute atomic E-state index is 0.117. The number of nitrogens with zero attached hydrogens (tertiary/aromatic N) is 2. The van der Waals surface area contributed by atoms with Crippen molar-refractivity contribution < 1.29 is 19.1 Å². The molecule has 35 heavy (non-hydrogen) atoms. The van der Waals surface area contributed by atoms with Gasteiger partial charge in [-0.15, -0.1) is 0 Å². The Kier molecular flexibility index (Phi) is 6.57. The summed E-state index contributed by atoms with van der Waals surface area (Å²) in [5, 5.41) is 4.58. The van der Waals surface area contributed by atoms with Gasteiger partial charge in [-0.1, -0.05) is 60.7 Å². The number of benzene rings is 3. The highest BCUT2D eigenvalue weighted by Crippen LogP contribution is 2.29. The first-order valence-electron chi connectivity index (χ1n) is 11.5. The van der Waals surface area contributed by atoms with E-state index in [2.05, 4.69) is 10.3 Å². The fourth-order valence-electron chi connectivity index (χ4n) is 4.13. The lowest BCUT2D eigenvalue weighted by molar-refractivity contribution is -0.129. The number of likely N-dealkylation sites (tertiary alicyclic amines) is 1. The summed E-state index contributed by atoms with van der Waals surface area (Å²) in [7, 11) is 0. The third kappa shape index (κ3) is 5.41. The zero-order valence-electron chi connectivity index (χ0n) is 19.1. The number of para-hydroxylation sites is 1. The van der Waals surface area contributed by atoms with Gasteiger partial charge in [0.25, 0.3) is 0 Å². The molecule has 0 bridgehead atoms. The summed E-state index contributed by atoms with van der Waals surface area (Å²) < 4.78 is 11.3. The number of pyridine rings is 1. The summed E-state index contributed by atoms with van der Waals surface area (Å²) in [5.41, 5.74) is 1.85. The normalized spacial score (nSPS) is 15.3. The molecule has 0 unspecified atom stereocenters. The molecule has 0 aliphatic carbocycles. The van der Waals surface area contributed by atoms with Crippen LogP contribution in [-0.4, -0.2) is 34.5 Å². The lowest BCUT2D eigenvalue weighted by Crippen LogP contribution is -2.41. The fourth-order valence-corrected chi connectivity index (χ4v) is 4.13. The Labute approximate surface area is 203 Å². The van der Waals surface area contributed by atoms with Gasteiger partial charge in [0.05, 0.1) is 0 Å². The van der Waals surface area contributed by atoms with Crippen LogP contribution < -0.4 is 10.1 Å². The van der Waals surface area contributed by atoms with E-state index in [4.69, 9.17) is 9.47 Å². The van der Waals surface area contributed by atoms with Crippen LogP contribution in [0.2, 0.25) is 0 Å². The molecule has 0 saturated carbocycles. The Morgan fingerprint density at radius 1 is 0.971 bits per heavy atom. The number of ether oxygens (including phenoxy) is 2. The highest BCUT2D eigenvalue weighted by Gasteiger charge is 2.33. The lowest BCUT2D eigenvalue weighted by atomic mass is 10.1. The minimum atomic E-state index is -0.589. The Morgan fingerprint density at radius 3 is 2.54 bits per heavy atom. The number of rotatable bonds is 7. The van der Waals surface area contributed by atoms with Crippen molar-refractivity contribution in [3.8, 4) is 11.6 Å². The second-order valence-corrected chi connectivity index (χ2v) is 8.39. The van der Waals surface area contributed by atoms with Crippen LogP contribution in [0.25, 0.3) is 10.8 Å². The maximum atomic E-state index is 12.9. The average molecular weight is 468 g/mol. The summed E-state index contributed by atoms with van der Waals surface area (Å²) in [6, 6.07) is 26.3. The highest BCUT2D eigenvalue weighted by atomic mass is 16.5. The molecule has 3 aromatic carbocycles. The molecular weight excluding hydrogens is 442 g/mol. The van der Waals surface area contributed by atoms with Crippen molar-refractivity contribution in [1.29, 1.82) is 0 Å². The second-order valence-electron chi connectivity index (χ2n) is 8.39. The van der Waals surface area contributed by atoms with Gasteiger partial charge >= 0.3 is 6.09 Å². The monoisotopic (exact) mass is 467 g/mol. The van der Waals surface area contributed by atoms with E-state index in [0.717, 1.165) is 21.9 Å². The SMILES string of the molecule is O=C(N[C@H]1CCN(Cc2ccc3ccnc(Oc4ccccc4)c3c2)C1=O)OCc1ccccc1. The van der Waals surface area contributed by atoms with Crippen molar-refractivity contribution in [1.82, 2.24) is 15.2 Å². The van der Waals surface area contributed by atoms with Crippen LogP contribution in [0.3, 0.4) is 0 Å². The van der Waals surface area contributed by atoms with Gasteiger partial charge in [-0.2, -0.15) is 0 Å². The third-order valence-corrected chi connectivity index (χ3v) is 5.93. The maximum Gasteiger partial charge on any atom is 0.408 e. The van der Waals surface area contributed by atoms with Gasteiger partial charge in [0.1, 0.15) is 18.4 Å². The van der Waals surface area contributed by atoms with E-state index < -0.39 is 12.1 Å². The first-order chi connectivity index (χ1) is 17.2. The Bertz CT molecular complexity index is 1330. The Balaban J connectivity index is 1.22. The van der Waals surface area contributed by atoms with Crippen molar-refractivity contribution >= 4 is 22.8 Å². The topological polar surface area (TPSA) is 80.8 Å². The fraction of sp³-hybridized carbons (Fsp3) is 0.179. The molecular formula is C28H25N3O4. The van der Waals surface area contributed by atoms with Gasteiger partial charge in [-0.05, 0) is 47.2 Å². The van der Waals surface area contributed by atoms with Crippen LogP contribution in [0.5, 0.6) is 11.6 Å². The number of carbonyl (C=O) groups excluding carboxylic acids is 2. The molecule has 1 aliphatic heterocycles. The summed E-state index contributed by atoms with van der Waals surface area (Å²) in [5.74, 6) is 1.11. The quantitative estimate of drug-likeness (QED) is 0.411. The summed E-state index contributed by atoms with van der Waals surface area (Å²) in [6.45, 7) is 1.16. The van der Waals surface area contributed by atoms with Crippen molar-refractivity contribution in [2.45, 2.75) is 25.6 Å². The van der Waals surface area contributed by atoms with Gasteiger partial charge in [0, 0.05) is 24.7 Å². The van der Waals surface area contributed by atoms with E-state index in [9.17, 15) is 9.59 Å². The van der Waals surface area contributed by atoms with Crippen molar-refractivity contribution in [3.63, 3.8) is 0 Å². The number of aromatic nitrogens is 1. The van der Waals surface area contributed by atoms with E-state index in [1.54, 1.807) is 11.1 Å². The molecule has 1 fully saturated rings. The molecule has 0 spiro atoms. The first-order valence-corrected chi connectivity index (χ1v) is 11.5. The number of carbonyl (C=O) groups is 2. The van der Waals surface area contributed by atoms with Crippen LogP contribution >= 0.6 is 0 Å². The van der Waals surface area contributed by atoms with E-state index in [1.165, 1.54) is 0 Å². The Morgan fingerprint density at radius 2 is 1.74 bits per heavy atom. The molecule has 176 valence electrons. The van der Waals surface area contributed by atoms with E-state index >= 15 is 0 Å². The Hall–Kier alpha value is -4.39. The highest BCUT2D eigenvalue weighted by molar-refractivity contribution is 5.89. The van der Waals surface area contributed by atoms with Crippen LogP contribution in [0.15, 0.2) is 91.1 Å². The van der Waals surface area contributed by atoms with Crippen LogP contribution in [0.4, 0.5) is 4.79 Å². The van der Waals surface area contributed by atoms with Gasteiger partial charge < -0.3 is 19.7 Å². The van der Waals surface area contributed by atoms with Crippen LogP contribution in [0.1, 0.15) is 17.5 Å². The number of hydrogen-bond acceptors (Lipinski definition) is 5. The standard InChI is InChI=1S/C28H25N3O4/c32-27-25(30-28(33)34-19-20-7-3-1-4-8-20)14-16-31(27)18-21-11-12-22-13-15-29-26(24(22)17-21)35-23-9-5-2-6-10-23/h1-13,15,17,25H,14,16,18-19H2,(H,30,33)/t25-/m0/s1. The molecule has 1 aliphatic rings. The van der Waals surface area contributed by atoms with Crippen molar-refractivity contribution in [2.24, 2.45) is 0 Å². The minimum Gasteiger partial charge on any atom is -0.445 e. The third-order valence-electron chi connectivity index (χ3n) is 5.93. The molecule has 7 nitrogen and oxygen atoms in total. The zero-order valence-corrected chi connectivity index (χ0v) is 19.1.